The van der Waals surface area contributed by atoms with Crippen molar-refractivity contribution in [1.82, 2.24) is 0 Å². The fourth-order valence-corrected chi connectivity index (χ4v) is 5.52. The van der Waals surface area contributed by atoms with Gasteiger partial charge >= 0.3 is 0 Å². The Morgan fingerprint density at radius 3 is 3.09 bits per heavy atom. The summed E-state index contributed by atoms with van der Waals surface area (Å²) in [7, 11) is 0. The van der Waals surface area contributed by atoms with Crippen molar-refractivity contribution in [2.24, 2.45) is 17.3 Å². The maximum atomic E-state index is 13.4. The summed E-state index contributed by atoms with van der Waals surface area (Å²) in [4.78, 5) is 15.4. The molecule has 3 atom stereocenters. The van der Waals surface area contributed by atoms with Crippen LogP contribution in [0.2, 0.25) is 0 Å². The fourth-order valence-electron chi connectivity index (χ4n) is 5.52. The molecular weight excluding hydrogens is 272 g/mol. The van der Waals surface area contributed by atoms with Crippen molar-refractivity contribution >= 4 is 17.3 Å². The molecule has 0 saturated heterocycles. The Labute approximate surface area is 131 Å². The number of rotatable bonds is 1. The third-order valence-corrected chi connectivity index (χ3v) is 6.57. The van der Waals surface area contributed by atoms with Gasteiger partial charge in [0.1, 0.15) is 0 Å². The molecule has 1 amide bonds. The lowest BCUT2D eigenvalue weighted by atomic mass is 9.75. The van der Waals surface area contributed by atoms with Crippen molar-refractivity contribution < 1.29 is 4.79 Å². The lowest BCUT2D eigenvalue weighted by Crippen LogP contribution is -2.43. The monoisotopic (exact) mass is 294 g/mol. The van der Waals surface area contributed by atoms with Gasteiger partial charge in [-0.05, 0) is 74.1 Å². The van der Waals surface area contributed by atoms with Crippen LogP contribution in [-0.2, 0) is 11.2 Å². The highest BCUT2D eigenvalue weighted by atomic mass is 16.2. The van der Waals surface area contributed by atoms with Crippen molar-refractivity contribution in [2.45, 2.75) is 38.5 Å². The van der Waals surface area contributed by atoms with E-state index in [0.717, 1.165) is 49.5 Å². The minimum atomic E-state index is -0.109. The predicted molar refractivity (Wildman–Crippen MR) is 87.5 cm³/mol. The van der Waals surface area contributed by atoms with Crippen molar-refractivity contribution in [3.05, 3.63) is 35.4 Å². The first-order valence-corrected chi connectivity index (χ1v) is 8.56. The molecule has 3 nitrogen and oxygen atoms in total. The number of nitrogens with two attached hydrogens (primary N) is 1. The van der Waals surface area contributed by atoms with Gasteiger partial charge in [0.25, 0.3) is 0 Å². The first kappa shape index (κ1) is 12.7. The summed E-state index contributed by atoms with van der Waals surface area (Å²) in [6, 6.07) is 5.99. The van der Waals surface area contributed by atoms with Gasteiger partial charge in [-0.15, -0.1) is 0 Å². The first-order valence-electron chi connectivity index (χ1n) is 8.56. The van der Waals surface area contributed by atoms with Crippen LogP contribution in [-0.4, -0.2) is 12.5 Å². The topological polar surface area (TPSA) is 46.3 Å². The van der Waals surface area contributed by atoms with Crippen molar-refractivity contribution in [2.75, 3.05) is 17.2 Å². The number of nitrogens with zero attached hydrogens (tertiary/aromatic N) is 1. The van der Waals surface area contributed by atoms with Crippen molar-refractivity contribution in [3.63, 3.8) is 0 Å². The van der Waals surface area contributed by atoms with Gasteiger partial charge in [-0.2, -0.15) is 0 Å². The zero-order valence-corrected chi connectivity index (χ0v) is 12.8. The number of benzene rings is 1. The van der Waals surface area contributed by atoms with E-state index in [0.29, 0.717) is 11.8 Å². The van der Waals surface area contributed by atoms with E-state index in [1.165, 1.54) is 18.4 Å². The number of nitrogen functional groups attached to an aromatic ring is 1. The van der Waals surface area contributed by atoms with Crippen LogP contribution in [0.15, 0.2) is 29.8 Å². The summed E-state index contributed by atoms with van der Waals surface area (Å²) in [6.07, 6.45) is 9.11. The molecule has 0 radical (unpaired) electrons. The summed E-state index contributed by atoms with van der Waals surface area (Å²) in [5.41, 5.74) is 10.6. The summed E-state index contributed by atoms with van der Waals surface area (Å²) >= 11 is 0. The van der Waals surface area contributed by atoms with E-state index in [9.17, 15) is 4.79 Å². The number of hydrogen-bond donors (Lipinski definition) is 1. The Morgan fingerprint density at radius 2 is 2.18 bits per heavy atom. The van der Waals surface area contributed by atoms with E-state index in [1.807, 2.05) is 18.2 Å². The number of allylic oxidation sites excluding steroid dienone is 2. The van der Waals surface area contributed by atoms with Crippen molar-refractivity contribution in [3.8, 4) is 0 Å². The third-order valence-electron chi connectivity index (χ3n) is 6.57. The Hall–Kier alpha value is -1.77. The molecule has 2 saturated carbocycles. The Morgan fingerprint density at radius 1 is 1.27 bits per heavy atom. The number of hydrogen-bond acceptors (Lipinski definition) is 2. The van der Waals surface area contributed by atoms with E-state index in [2.05, 4.69) is 11.0 Å². The van der Waals surface area contributed by atoms with Crippen LogP contribution in [0.3, 0.4) is 0 Å². The zero-order chi connectivity index (χ0) is 14.9. The molecule has 2 fully saturated rings. The van der Waals surface area contributed by atoms with Crippen LogP contribution in [0.4, 0.5) is 11.4 Å². The lowest BCUT2D eigenvalue weighted by molar-refractivity contribution is -0.128. The molecule has 22 heavy (non-hydrogen) atoms. The second-order valence-corrected chi connectivity index (χ2v) is 7.67. The normalized spacial score (nSPS) is 34.7. The molecule has 3 unspecified atom stereocenters. The van der Waals surface area contributed by atoms with Crippen LogP contribution < -0.4 is 10.6 Å². The number of amides is 1. The maximum Gasteiger partial charge on any atom is 0.233 e. The first-order chi connectivity index (χ1) is 10.7. The van der Waals surface area contributed by atoms with Crippen molar-refractivity contribution in [1.29, 1.82) is 0 Å². The van der Waals surface area contributed by atoms with Gasteiger partial charge in [0.15, 0.2) is 0 Å². The van der Waals surface area contributed by atoms with Gasteiger partial charge in [0.2, 0.25) is 5.91 Å². The molecule has 1 heterocycles. The molecule has 5 rings (SSSR count). The Bertz CT molecular complexity index is 707. The third kappa shape index (κ3) is 1.54. The highest BCUT2D eigenvalue weighted by Crippen LogP contribution is 2.61. The second-order valence-electron chi connectivity index (χ2n) is 7.67. The van der Waals surface area contributed by atoms with Crippen LogP contribution in [0.1, 0.15) is 37.7 Å². The van der Waals surface area contributed by atoms with Gasteiger partial charge in [-0.1, -0.05) is 11.6 Å². The van der Waals surface area contributed by atoms with Gasteiger partial charge in [-0.25, -0.2) is 0 Å². The number of carbonyl (C=O) groups is 1. The van der Waals surface area contributed by atoms with Gasteiger partial charge < -0.3 is 10.6 Å². The van der Waals surface area contributed by atoms with E-state index < -0.39 is 0 Å². The average Bonchev–Trinajstić information content (AvgIpc) is 3.14. The summed E-state index contributed by atoms with van der Waals surface area (Å²) in [6.45, 7) is 0.825. The molecule has 1 aromatic rings. The largest absolute Gasteiger partial charge is 0.399 e. The van der Waals surface area contributed by atoms with Gasteiger partial charge in [-0.3, -0.25) is 4.79 Å². The molecule has 0 spiro atoms. The molecule has 2 N–H and O–H groups in total. The summed E-state index contributed by atoms with van der Waals surface area (Å²) in [5.74, 6) is 1.86. The Kier molecular flexibility index (Phi) is 2.41. The van der Waals surface area contributed by atoms with E-state index in [-0.39, 0.29) is 5.41 Å². The van der Waals surface area contributed by atoms with E-state index >= 15 is 0 Å². The average molecular weight is 294 g/mol. The molecule has 114 valence electrons. The van der Waals surface area contributed by atoms with Gasteiger partial charge in [0.05, 0.1) is 5.41 Å². The SMILES string of the molecule is Nc1ccc2c(c1)CCN2C(=O)C12CC=C3CCC(C1)C3C2. The molecule has 1 aromatic carbocycles. The molecular formula is C19H22N2O. The van der Waals surface area contributed by atoms with Crippen LogP contribution in [0.5, 0.6) is 0 Å². The number of carbonyl (C=O) groups excluding carboxylic acids is 1. The fraction of sp³-hybridized carbons (Fsp3) is 0.526. The zero-order valence-electron chi connectivity index (χ0n) is 12.8. The maximum absolute atomic E-state index is 13.4. The van der Waals surface area contributed by atoms with E-state index in [4.69, 9.17) is 5.73 Å². The second kappa shape index (κ2) is 4.15. The minimum absolute atomic E-state index is 0.109. The highest BCUT2D eigenvalue weighted by molar-refractivity contribution is 6.00. The molecule has 3 aliphatic carbocycles. The quantitative estimate of drug-likeness (QED) is 0.638. The summed E-state index contributed by atoms with van der Waals surface area (Å²) < 4.78 is 0. The number of anilines is 2. The molecule has 0 aromatic heterocycles. The number of fused-ring (bicyclic) bond motifs is 2. The van der Waals surface area contributed by atoms with Crippen LogP contribution >= 0.6 is 0 Å². The van der Waals surface area contributed by atoms with Crippen LogP contribution in [0, 0.1) is 17.3 Å². The lowest BCUT2D eigenvalue weighted by Gasteiger charge is -2.35. The standard InChI is InChI=1S/C19H22N2O/c20-15-3-4-17-13(9-15)6-8-21(17)18(22)19-7-5-12-1-2-14(10-19)16(12)11-19/h3-5,9,14,16H,1-2,6-8,10-11,20H2. The van der Waals surface area contributed by atoms with E-state index in [1.54, 1.807) is 5.57 Å². The molecule has 3 heteroatoms. The highest BCUT2D eigenvalue weighted by Gasteiger charge is 2.56. The molecule has 1 aliphatic heterocycles. The van der Waals surface area contributed by atoms with Crippen LogP contribution in [0.25, 0.3) is 0 Å². The molecule has 2 bridgehead atoms. The van der Waals surface area contributed by atoms with Gasteiger partial charge in [0, 0.05) is 17.9 Å². The summed E-state index contributed by atoms with van der Waals surface area (Å²) in [5, 5.41) is 0. The smallest absolute Gasteiger partial charge is 0.233 e. The minimum Gasteiger partial charge on any atom is -0.399 e. The Balaban J connectivity index is 1.50. The molecule has 4 aliphatic rings. The predicted octanol–water partition coefficient (Wildman–Crippen LogP) is 3.29.